The monoisotopic (exact) mass is 253 g/mol. The number of hydrogen-bond donors (Lipinski definition) is 1. The smallest absolute Gasteiger partial charge is 0.185 e. The summed E-state index contributed by atoms with van der Waals surface area (Å²) in [5.74, 6) is 0.927. The molecule has 1 saturated carbocycles. The molecule has 1 aromatic rings. The molecule has 4 heteroatoms. The van der Waals surface area contributed by atoms with Gasteiger partial charge in [-0.3, -0.25) is 0 Å². The Morgan fingerprint density at radius 2 is 2.29 bits per heavy atom. The second kappa shape index (κ2) is 5.83. The molecule has 3 nitrogen and oxygen atoms in total. The van der Waals surface area contributed by atoms with Gasteiger partial charge in [0.2, 0.25) is 0 Å². The first-order valence-corrected chi connectivity index (χ1v) is 7.49. The Bertz CT molecular complexity index is 344. The van der Waals surface area contributed by atoms with E-state index in [0.29, 0.717) is 6.04 Å². The Labute approximate surface area is 108 Å². The van der Waals surface area contributed by atoms with Gasteiger partial charge in [0.25, 0.3) is 0 Å². The zero-order valence-electron chi connectivity index (χ0n) is 11.1. The zero-order chi connectivity index (χ0) is 12.3. The second-order valence-electron chi connectivity index (χ2n) is 5.14. The Hall–Kier alpha value is -0.610. The Balaban J connectivity index is 1.90. The van der Waals surface area contributed by atoms with Crippen LogP contribution in [0.5, 0.6) is 0 Å². The van der Waals surface area contributed by atoms with Crippen molar-refractivity contribution in [2.75, 3.05) is 18.0 Å². The van der Waals surface area contributed by atoms with E-state index in [1.807, 2.05) is 0 Å². The topological polar surface area (TPSA) is 28.2 Å². The summed E-state index contributed by atoms with van der Waals surface area (Å²) in [5, 5.41) is 6.79. The summed E-state index contributed by atoms with van der Waals surface area (Å²) >= 11 is 1.78. The molecule has 0 bridgehead atoms. The molecule has 1 N–H and O–H groups in total. The van der Waals surface area contributed by atoms with Gasteiger partial charge in [-0.25, -0.2) is 4.98 Å². The number of aromatic nitrogens is 1. The molecule has 96 valence electrons. The highest BCUT2D eigenvalue weighted by molar-refractivity contribution is 7.13. The third-order valence-electron chi connectivity index (χ3n) is 3.06. The van der Waals surface area contributed by atoms with E-state index in [1.54, 1.807) is 11.3 Å². The molecular weight excluding hydrogens is 230 g/mol. The van der Waals surface area contributed by atoms with E-state index in [-0.39, 0.29) is 0 Å². The summed E-state index contributed by atoms with van der Waals surface area (Å²) in [7, 11) is 0. The molecule has 0 aliphatic heterocycles. The van der Waals surface area contributed by atoms with Gasteiger partial charge in [-0.2, -0.15) is 0 Å². The first-order chi connectivity index (χ1) is 8.19. The van der Waals surface area contributed by atoms with E-state index >= 15 is 0 Å². The summed E-state index contributed by atoms with van der Waals surface area (Å²) in [6.07, 6.45) is 2.81. The van der Waals surface area contributed by atoms with Crippen molar-refractivity contribution < 1.29 is 0 Å². The number of thiazole rings is 1. The second-order valence-corrected chi connectivity index (χ2v) is 5.98. The number of rotatable bonds is 7. The third-order valence-corrected chi connectivity index (χ3v) is 4.01. The van der Waals surface area contributed by atoms with E-state index in [9.17, 15) is 0 Å². The van der Waals surface area contributed by atoms with Crippen LogP contribution in [0.1, 0.15) is 39.3 Å². The highest BCUT2D eigenvalue weighted by Crippen LogP contribution is 2.32. The highest BCUT2D eigenvalue weighted by Gasteiger charge is 2.24. The average Bonchev–Trinajstić information content (AvgIpc) is 3.00. The highest BCUT2D eigenvalue weighted by atomic mass is 32.1. The van der Waals surface area contributed by atoms with Crippen LogP contribution in [-0.2, 0) is 6.54 Å². The molecule has 0 unspecified atom stereocenters. The van der Waals surface area contributed by atoms with Crippen LogP contribution in [0.4, 0.5) is 5.13 Å². The largest absolute Gasteiger partial charge is 0.348 e. The van der Waals surface area contributed by atoms with Gasteiger partial charge in [-0.1, -0.05) is 13.8 Å². The molecule has 1 aliphatic rings. The van der Waals surface area contributed by atoms with Crippen molar-refractivity contribution in [3.05, 3.63) is 11.1 Å². The van der Waals surface area contributed by atoms with Crippen LogP contribution in [0.3, 0.4) is 0 Å². The molecule has 2 rings (SSSR count). The first-order valence-electron chi connectivity index (χ1n) is 6.61. The predicted molar refractivity (Wildman–Crippen MR) is 74.7 cm³/mol. The molecule has 0 amide bonds. The van der Waals surface area contributed by atoms with Crippen LogP contribution in [0, 0.1) is 5.92 Å². The molecule has 0 radical (unpaired) electrons. The first kappa shape index (κ1) is 12.8. The van der Waals surface area contributed by atoms with Crippen molar-refractivity contribution in [2.45, 2.75) is 46.2 Å². The number of nitrogens with zero attached hydrogens (tertiary/aromatic N) is 2. The molecule has 0 atom stereocenters. The van der Waals surface area contributed by atoms with Crippen LogP contribution >= 0.6 is 11.3 Å². The zero-order valence-corrected chi connectivity index (χ0v) is 11.9. The van der Waals surface area contributed by atoms with Gasteiger partial charge in [0.15, 0.2) is 5.13 Å². The summed E-state index contributed by atoms with van der Waals surface area (Å²) < 4.78 is 0. The average molecular weight is 253 g/mol. The predicted octanol–water partition coefficient (Wildman–Crippen LogP) is 2.88. The van der Waals surface area contributed by atoms with Crippen LogP contribution in [0.25, 0.3) is 0 Å². The molecule has 0 spiro atoms. The fourth-order valence-electron chi connectivity index (χ4n) is 1.79. The molecule has 1 aliphatic carbocycles. The van der Waals surface area contributed by atoms with E-state index in [2.05, 4.69) is 36.4 Å². The maximum Gasteiger partial charge on any atom is 0.185 e. The van der Waals surface area contributed by atoms with Gasteiger partial charge in [-0.15, -0.1) is 11.3 Å². The van der Waals surface area contributed by atoms with Crippen molar-refractivity contribution in [1.29, 1.82) is 0 Å². The van der Waals surface area contributed by atoms with Gasteiger partial charge in [0.1, 0.15) is 0 Å². The fourth-order valence-corrected chi connectivity index (χ4v) is 2.69. The summed E-state index contributed by atoms with van der Waals surface area (Å²) in [6.45, 7) is 9.70. The van der Waals surface area contributed by atoms with Crippen molar-refractivity contribution in [2.24, 2.45) is 5.92 Å². The molecule has 0 aromatic carbocycles. The van der Waals surface area contributed by atoms with Gasteiger partial charge < -0.3 is 10.2 Å². The summed E-state index contributed by atoms with van der Waals surface area (Å²) in [4.78, 5) is 7.13. The lowest BCUT2D eigenvalue weighted by atomic mass is 10.3. The molecule has 1 heterocycles. The van der Waals surface area contributed by atoms with Crippen molar-refractivity contribution in [3.63, 3.8) is 0 Å². The summed E-state index contributed by atoms with van der Waals surface area (Å²) in [5.41, 5.74) is 1.17. The van der Waals surface area contributed by atoms with E-state index in [4.69, 9.17) is 4.98 Å². The minimum absolute atomic E-state index is 0.522. The minimum atomic E-state index is 0.522. The van der Waals surface area contributed by atoms with Crippen LogP contribution in [0.15, 0.2) is 5.38 Å². The van der Waals surface area contributed by atoms with E-state index in [1.165, 1.54) is 30.2 Å². The minimum Gasteiger partial charge on any atom is -0.348 e. The van der Waals surface area contributed by atoms with Crippen LogP contribution in [0.2, 0.25) is 0 Å². The van der Waals surface area contributed by atoms with Crippen LogP contribution in [-0.4, -0.2) is 24.1 Å². The molecule has 1 aromatic heterocycles. The molecule has 17 heavy (non-hydrogen) atoms. The molecule has 0 saturated heterocycles. The fraction of sp³-hybridized carbons (Fsp3) is 0.769. The van der Waals surface area contributed by atoms with Gasteiger partial charge in [0, 0.05) is 31.1 Å². The Morgan fingerprint density at radius 3 is 2.88 bits per heavy atom. The lowest BCUT2D eigenvalue weighted by Crippen LogP contribution is -2.25. The van der Waals surface area contributed by atoms with Gasteiger partial charge in [-0.05, 0) is 25.7 Å². The normalized spacial score (nSPS) is 15.5. The standard InChI is InChI=1S/C13H23N3S/c1-4-16(8-11-5-6-11)13-15-12(9-17-13)7-14-10(2)3/h9-11,14H,4-8H2,1-3H3. The summed E-state index contributed by atoms with van der Waals surface area (Å²) in [6, 6.07) is 0.522. The van der Waals surface area contributed by atoms with E-state index in [0.717, 1.165) is 19.0 Å². The maximum absolute atomic E-state index is 4.72. The Kier molecular flexibility index (Phi) is 4.40. The van der Waals surface area contributed by atoms with E-state index < -0.39 is 0 Å². The number of hydrogen-bond acceptors (Lipinski definition) is 4. The Morgan fingerprint density at radius 1 is 1.53 bits per heavy atom. The van der Waals surface area contributed by atoms with Crippen molar-refractivity contribution in [3.8, 4) is 0 Å². The number of anilines is 1. The van der Waals surface area contributed by atoms with Gasteiger partial charge in [0.05, 0.1) is 5.69 Å². The number of nitrogens with one attached hydrogen (secondary N) is 1. The molecular formula is C13H23N3S. The van der Waals surface area contributed by atoms with Gasteiger partial charge >= 0.3 is 0 Å². The molecule has 1 fully saturated rings. The third kappa shape index (κ3) is 3.96. The van der Waals surface area contributed by atoms with Crippen molar-refractivity contribution >= 4 is 16.5 Å². The quantitative estimate of drug-likeness (QED) is 0.810. The SMILES string of the molecule is CCN(CC1CC1)c1nc(CNC(C)C)cs1. The maximum atomic E-state index is 4.72. The lowest BCUT2D eigenvalue weighted by molar-refractivity contribution is 0.582. The lowest BCUT2D eigenvalue weighted by Gasteiger charge is -2.19. The van der Waals surface area contributed by atoms with Crippen molar-refractivity contribution in [1.82, 2.24) is 10.3 Å². The van der Waals surface area contributed by atoms with Crippen LogP contribution < -0.4 is 10.2 Å².